The van der Waals surface area contributed by atoms with Crippen LogP contribution in [0.2, 0.25) is 0 Å². The molecule has 8 nitrogen and oxygen atoms in total. The predicted molar refractivity (Wildman–Crippen MR) is 104 cm³/mol. The van der Waals surface area contributed by atoms with Gasteiger partial charge in [0.1, 0.15) is 23.7 Å². The Morgan fingerprint density at radius 2 is 1.96 bits per heavy atom. The average molecular weight is 382 g/mol. The molecule has 3 heterocycles. The molecule has 0 spiro atoms. The maximum absolute atomic E-state index is 13.0. The zero-order valence-corrected chi connectivity index (χ0v) is 15.9. The van der Waals surface area contributed by atoms with E-state index in [4.69, 9.17) is 13.9 Å². The van der Waals surface area contributed by atoms with Crippen LogP contribution in [0.25, 0.3) is 11.1 Å². The standard InChI is InChI=1S/C20H22N4O4/c1-13-16(19(25)21-11-14-3-5-15(26-2)6-4-14)17-18(22-12-23-20(17)28-13)24-7-9-27-10-8-24/h3-6,12H,7-11H2,1-2H3,(H,21,25). The smallest absolute Gasteiger partial charge is 0.255 e. The van der Waals surface area contributed by atoms with Gasteiger partial charge in [-0.1, -0.05) is 12.1 Å². The number of carbonyl (C=O) groups is 1. The fraction of sp³-hybridized carbons (Fsp3) is 0.350. The Balaban J connectivity index is 1.61. The maximum Gasteiger partial charge on any atom is 0.255 e. The Kier molecular flexibility index (Phi) is 5.12. The van der Waals surface area contributed by atoms with E-state index >= 15 is 0 Å². The van der Waals surface area contributed by atoms with Gasteiger partial charge in [-0.2, -0.15) is 0 Å². The van der Waals surface area contributed by atoms with Crippen LogP contribution in [0.4, 0.5) is 5.82 Å². The fourth-order valence-electron chi connectivity index (χ4n) is 3.33. The van der Waals surface area contributed by atoms with Gasteiger partial charge in [0.05, 0.1) is 31.3 Å². The molecule has 0 unspecified atom stereocenters. The number of nitrogens with zero attached hydrogens (tertiary/aromatic N) is 3. The first-order chi connectivity index (χ1) is 13.7. The van der Waals surface area contributed by atoms with Gasteiger partial charge in [0.25, 0.3) is 5.91 Å². The lowest BCUT2D eigenvalue weighted by atomic mass is 10.1. The molecule has 0 aliphatic carbocycles. The van der Waals surface area contributed by atoms with Gasteiger partial charge in [0, 0.05) is 19.6 Å². The lowest BCUT2D eigenvalue weighted by Gasteiger charge is -2.28. The first-order valence-electron chi connectivity index (χ1n) is 9.15. The first kappa shape index (κ1) is 18.2. The molecule has 0 atom stereocenters. The van der Waals surface area contributed by atoms with Gasteiger partial charge in [-0.05, 0) is 24.6 Å². The number of anilines is 1. The van der Waals surface area contributed by atoms with Crippen molar-refractivity contribution in [1.82, 2.24) is 15.3 Å². The fourth-order valence-corrected chi connectivity index (χ4v) is 3.33. The molecule has 3 aromatic rings. The van der Waals surface area contributed by atoms with Gasteiger partial charge in [0.2, 0.25) is 5.71 Å². The predicted octanol–water partition coefficient (Wildman–Crippen LogP) is 2.31. The van der Waals surface area contributed by atoms with Crippen molar-refractivity contribution in [3.8, 4) is 5.75 Å². The molecular weight excluding hydrogens is 360 g/mol. The van der Waals surface area contributed by atoms with Crippen molar-refractivity contribution in [3.63, 3.8) is 0 Å². The summed E-state index contributed by atoms with van der Waals surface area (Å²) in [7, 11) is 1.62. The SMILES string of the molecule is COc1ccc(CNC(=O)c2c(C)oc3ncnc(N4CCOCC4)c23)cc1. The van der Waals surface area contributed by atoms with Crippen molar-refractivity contribution in [3.05, 3.63) is 47.5 Å². The molecule has 1 N–H and O–H groups in total. The average Bonchev–Trinajstić information content (AvgIpc) is 3.09. The number of aryl methyl sites for hydroxylation is 1. The maximum atomic E-state index is 13.0. The van der Waals surface area contributed by atoms with Crippen LogP contribution in [0, 0.1) is 6.92 Å². The summed E-state index contributed by atoms with van der Waals surface area (Å²) in [5, 5.41) is 3.61. The molecule has 1 aromatic carbocycles. The van der Waals surface area contributed by atoms with E-state index in [9.17, 15) is 4.79 Å². The summed E-state index contributed by atoms with van der Waals surface area (Å²) in [4.78, 5) is 23.7. The Bertz CT molecular complexity index is 978. The number of hydrogen-bond acceptors (Lipinski definition) is 7. The number of hydrogen-bond donors (Lipinski definition) is 1. The molecule has 0 bridgehead atoms. The highest BCUT2D eigenvalue weighted by Gasteiger charge is 2.25. The molecule has 1 saturated heterocycles. The summed E-state index contributed by atoms with van der Waals surface area (Å²) < 4.78 is 16.3. The number of aromatic nitrogens is 2. The molecule has 0 radical (unpaired) electrons. The van der Waals surface area contributed by atoms with Crippen molar-refractivity contribution in [2.75, 3.05) is 38.3 Å². The number of furan rings is 1. The molecular formula is C20H22N4O4. The van der Waals surface area contributed by atoms with Crippen LogP contribution in [0.15, 0.2) is 35.0 Å². The van der Waals surface area contributed by atoms with Gasteiger partial charge < -0.3 is 24.1 Å². The van der Waals surface area contributed by atoms with Crippen LogP contribution < -0.4 is 15.0 Å². The number of morpholine rings is 1. The highest BCUT2D eigenvalue weighted by molar-refractivity contribution is 6.10. The lowest BCUT2D eigenvalue weighted by Crippen LogP contribution is -2.37. The third-order valence-electron chi connectivity index (χ3n) is 4.79. The minimum atomic E-state index is -0.212. The van der Waals surface area contributed by atoms with E-state index in [2.05, 4.69) is 20.2 Å². The summed E-state index contributed by atoms with van der Waals surface area (Å²) >= 11 is 0. The molecule has 8 heteroatoms. The second-order valence-electron chi connectivity index (χ2n) is 6.54. The van der Waals surface area contributed by atoms with E-state index in [0.29, 0.717) is 61.1 Å². The van der Waals surface area contributed by atoms with E-state index in [1.807, 2.05) is 24.3 Å². The second kappa shape index (κ2) is 7.85. The van der Waals surface area contributed by atoms with E-state index in [1.165, 1.54) is 6.33 Å². The Morgan fingerprint density at radius 1 is 1.21 bits per heavy atom. The molecule has 1 fully saturated rings. The molecule has 146 valence electrons. The summed E-state index contributed by atoms with van der Waals surface area (Å²) in [6.07, 6.45) is 1.47. The number of rotatable bonds is 5. The largest absolute Gasteiger partial charge is 0.497 e. The summed E-state index contributed by atoms with van der Waals surface area (Å²) in [5.74, 6) is 1.80. The topological polar surface area (TPSA) is 89.7 Å². The van der Waals surface area contributed by atoms with E-state index in [1.54, 1.807) is 14.0 Å². The minimum absolute atomic E-state index is 0.212. The van der Waals surface area contributed by atoms with Gasteiger partial charge in [-0.15, -0.1) is 0 Å². The van der Waals surface area contributed by atoms with Gasteiger partial charge in [-0.25, -0.2) is 9.97 Å². The zero-order chi connectivity index (χ0) is 19.5. The Labute approximate surface area is 162 Å². The highest BCUT2D eigenvalue weighted by atomic mass is 16.5. The van der Waals surface area contributed by atoms with Crippen LogP contribution in [-0.4, -0.2) is 49.3 Å². The highest BCUT2D eigenvalue weighted by Crippen LogP contribution is 2.31. The monoisotopic (exact) mass is 382 g/mol. The van der Waals surface area contributed by atoms with Crippen molar-refractivity contribution < 1.29 is 18.7 Å². The zero-order valence-electron chi connectivity index (χ0n) is 15.9. The number of fused-ring (bicyclic) bond motifs is 1. The van der Waals surface area contributed by atoms with Crippen molar-refractivity contribution >= 4 is 22.8 Å². The molecule has 1 aliphatic heterocycles. The van der Waals surface area contributed by atoms with Crippen molar-refractivity contribution in [2.24, 2.45) is 0 Å². The summed E-state index contributed by atoms with van der Waals surface area (Å²) in [6.45, 7) is 4.84. The number of methoxy groups -OCH3 is 1. The number of ether oxygens (including phenoxy) is 2. The van der Waals surface area contributed by atoms with Gasteiger partial charge in [-0.3, -0.25) is 4.79 Å². The summed E-state index contributed by atoms with van der Waals surface area (Å²) in [6, 6.07) is 7.57. The minimum Gasteiger partial charge on any atom is -0.497 e. The van der Waals surface area contributed by atoms with Crippen LogP contribution >= 0.6 is 0 Å². The molecule has 1 aliphatic rings. The lowest BCUT2D eigenvalue weighted by molar-refractivity contribution is 0.0951. The molecule has 4 rings (SSSR count). The van der Waals surface area contributed by atoms with Crippen LogP contribution in [-0.2, 0) is 11.3 Å². The third-order valence-corrected chi connectivity index (χ3v) is 4.79. The normalized spacial score (nSPS) is 14.3. The van der Waals surface area contributed by atoms with Gasteiger partial charge in [0.15, 0.2) is 0 Å². The first-order valence-corrected chi connectivity index (χ1v) is 9.15. The van der Waals surface area contributed by atoms with Crippen molar-refractivity contribution in [2.45, 2.75) is 13.5 Å². The van der Waals surface area contributed by atoms with Crippen molar-refractivity contribution in [1.29, 1.82) is 0 Å². The second-order valence-corrected chi connectivity index (χ2v) is 6.54. The molecule has 0 saturated carbocycles. The number of nitrogens with one attached hydrogen (secondary N) is 1. The molecule has 1 amide bonds. The number of carbonyl (C=O) groups excluding carboxylic acids is 1. The van der Waals surface area contributed by atoms with Crippen LogP contribution in [0.1, 0.15) is 21.7 Å². The molecule has 28 heavy (non-hydrogen) atoms. The molecule has 2 aromatic heterocycles. The Hall–Kier alpha value is -3.13. The summed E-state index contributed by atoms with van der Waals surface area (Å²) in [5.41, 5.74) is 1.87. The number of benzene rings is 1. The third kappa shape index (κ3) is 3.50. The van der Waals surface area contributed by atoms with Crippen LogP contribution in [0.5, 0.6) is 5.75 Å². The van der Waals surface area contributed by atoms with Gasteiger partial charge >= 0.3 is 0 Å². The van der Waals surface area contributed by atoms with E-state index in [-0.39, 0.29) is 5.91 Å². The van der Waals surface area contributed by atoms with Crippen LogP contribution in [0.3, 0.4) is 0 Å². The number of amides is 1. The Morgan fingerprint density at radius 3 is 2.68 bits per heavy atom. The quantitative estimate of drug-likeness (QED) is 0.724. The van der Waals surface area contributed by atoms with E-state index in [0.717, 1.165) is 11.3 Å². The van der Waals surface area contributed by atoms with E-state index < -0.39 is 0 Å².